The molecular formula is C16H18O2. The van der Waals surface area contributed by atoms with Crippen molar-refractivity contribution in [1.29, 1.82) is 0 Å². The van der Waals surface area contributed by atoms with Crippen molar-refractivity contribution in [2.24, 2.45) is 0 Å². The predicted octanol–water partition coefficient (Wildman–Crippen LogP) is 4.00. The third kappa shape index (κ3) is 4.42. The molecule has 0 aliphatic carbocycles. The SMILES string of the molecule is Cc1ccc(C(=O)O)cc1.Cc1ccccc1C. The lowest BCUT2D eigenvalue weighted by Gasteiger charge is -1.93. The van der Waals surface area contributed by atoms with Crippen molar-refractivity contribution in [3.8, 4) is 0 Å². The van der Waals surface area contributed by atoms with Crippen LogP contribution in [0.1, 0.15) is 27.0 Å². The van der Waals surface area contributed by atoms with Crippen LogP contribution in [0.25, 0.3) is 0 Å². The Kier molecular flexibility index (Phi) is 5.12. The summed E-state index contributed by atoms with van der Waals surface area (Å²) in [5, 5.41) is 8.48. The maximum Gasteiger partial charge on any atom is 0.335 e. The van der Waals surface area contributed by atoms with E-state index in [4.69, 9.17) is 5.11 Å². The standard InChI is InChI=1S/C8H8O2.C8H10/c1-6-2-4-7(5-3-6)8(9)10;1-7-5-3-4-6-8(7)2/h2-5H,1H3,(H,9,10);3-6H,1-2H3. The molecule has 0 amide bonds. The quantitative estimate of drug-likeness (QED) is 0.820. The molecule has 94 valence electrons. The summed E-state index contributed by atoms with van der Waals surface area (Å²) in [5.41, 5.74) is 4.15. The van der Waals surface area contributed by atoms with Crippen molar-refractivity contribution in [2.75, 3.05) is 0 Å². The number of benzene rings is 2. The van der Waals surface area contributed by atoms with E-state index in [-0.39, 0.29) is 0 Å². The van der Waals surface area contributed by atoms with Crippen molar-refractivity contribution in [3.63, 3.8) is 0 Å². The van der Waals surface area contributed by atoms with E-state index in [1.165, 1.54) is 11.1 Å². The van der Waals surface area contributed by atoms with Crippen LogP contribution in [0, 0.1) is 20.8 Å². The Morgan fingerprint density at radius 2 is 1.28 bits per heavy atom. The average molecular weight is 242 g/mol. The van der Waals surface area contributed by atoms with Crippen LogP contribution in [0.2, 0.25) is 0 Å². The number of carboxylic acid groups (broad SMARTS) is 1. The molecule has 0 fully saturated rings. The number of carbonyl (C=O) groups is 1. The molecule has 2 heteroatoms. The van der Waals surface area contributed by atoms with Crippen molar-refractivity contribution < 1.29 is 9.90 Å². The normalized spacial score (nSPS) is 9.28. The predicted molar refractivity (Wildman–Crippen MR) is 74.1 cm³/mol. The van der Waals surface area contributed by atoms with Crippen LogP contribution in [-0.4, -0.2) is 11.1 Å². The van der Waals surface area contributed by atoms with Gasteiger partial charge in [0.15, 0.2) is 0 Å². The van der Waals surface area contributed by atoms with E-state index in [0.29, 0.717) is 5.56 Å². The second-order valence-corrected chi connectivity index (χ2v) is 4.26. The summed E-state index contributed by atoms with van der Waals surface area (Å²) in [4.78, 5) is 10.3. The average Bonchev–Trinajstić information content (AvgIpc) is 2.34. The topological polar surface area (TPSA) is 37.3 Å². The Morgan fingerprint density at radius 3 is 1.61 bits per heavy atom. The molecule has 2 nitrogen and oxygen atoms in total. The summed E-state index contributed by atoms with van der Waals surface area (Å²) in [6.45, 7) is 6.16. The van der Waals surface area contributed by atoms with E-state index < -0.39 is 5.97 Å². The van der Waals surface area contributed by atoms with Gasteiger partial charge in [-0.25, -0.2) is 4.79 Å². The highest BCUT2D eigenvalue weighted by Crippen LogP contribution is 2.03. The molecule has 1 N–H and O–H groups in total. The lowest BCUT2D eigenvalue weighted by molar-refractivity contribution is 0.0697. The van der Waals surface area contributed by atoms with Gasteiger partial charge in [0.2, 0.25) is 0 Å². The summed E-state index contributed by atoms with van der Waals surface area (Å²) in [5.74, 6) is -0.875. The van der Waals surface area contributed by atoms with Gasteiger partial charge in [-0.2, -0.15) is 0 Å². The Labute approximate surface area is 108 Å². The van der Waals surface area contributed by atoms with Gasteiger partial charge in [0.1, 0.15) is 0 Å². The van der Waals surface area contributed by atoms with Gasteiger partial charge in [-0.05, 0) is 44.0 Å². The molecule has 18 heavy (non-hydrogen) atoms. The molecule has 0 unspecified atom stereocenters. The van der Waals surface area contributed by atoms with Crippen LogP contribution in [0.5, 0.6) is 0 Å². The van der Waals surface area contributed by atoms with Crippen LogP contribution in [0.4, 0.5) is 0 Å². The largest absolute Gasteiger partial charge is 0.478 e. The molecule has 2 aromatic rings. The molecule has 0 aliphatic heterocycles. The van der Waals surface area contributed by atoms with Crippen LogP contribution in [-0.2, 0) is 0 Å². The zero-order chi connectivity index (χ0) is 13.5. The Balaban J connectivity index is 0.000000184. The first-order chi connectivity index (χ1) is 8.50. The molecule has 0 aromatic heterocycles. The van der Waals surface area contributed by atoms with Crippen LogP contribution < -0.4 is 0 Å². The van der Waals surface area contributed by atoms with E-state index in [1.807, 2.05) is 6.92 Å². The Morgan fingerprint density at radius 1 is 0.833 bits per heavy atom. The van der Waals surface area contributed by atoms with Gasteiger partial charge in [-0.15, -0.1) is 0 Å². The van der Waals surface area contributed by atoms with E-state index in [2.05, 4.69) is 38.1 Å². The molecule has 0 saturated heterocycles. The minimum absolute atomic E-state index is 0.339. The third-order valence-corrected chi connectivity index (χ3v) is 2.72. The van der Waals surface area contributed by atoms with Gasteiger partial charge in [0.05, 0.1) is 5.56 Å². The van der Waals surface area contributed by atoms with Gasteiger partial charge in [-0.1, -0.05) is 42.0 Å². The fraction of sp³-hybridized carbons (Fsp3) is 0.188. The van der Waals surface area contributed by atoms with Crippen molar-refractivity contribution in [1.82, 2.24) is 0 Å². The molecule has 2 rings (SSSR count). The zero-order valence-electron chi connectivity index (χ0n) is 11.0. The minimum Gasteiger partial charge on any atom is -0.478 e. The first-order valence-corrected chi connectivity index (χ1v) is 5.83. The van der Waals surface area contributed by atoms with Gasteiger partial charge in [-0.3, -0.25) is 0 Å². The highest BCUT2D eigenvalue weighted by molar-refractivity contribution is 5.87. The molecule has 0 bridgehead atoms. The van der Waals surface area contributed by atoms with Crippen LogP contribution >= 0.6 is 0 Å². The molecule has 0 spiro atoms. The third-order valence-electron chi connectivity index (χ3n) is 2.72. The van der Waals surface area contributed by atoms with Crippen molar-refractivity contribution in [3.05, 3.63) is 70.8 Å². The lowest BCUT2D eigenvalue weighted by Crippen LogP contribution is -1.94. The van der Waals surface area contributed by atoms with E-state index in [9.17, 15) is 4.79 Å². The lowest BCUT2D eigenvalue weighted by atomic mass is 10.1. The Bertz CT molecular complexity index is 492. The molecule has 0 atom stereocenters. The van der Waals surface area contributed by atoms with Gasteiger partial charge in [0.25, 0.3) is 0 Å². The van der Waals surface area contributed by atoms with Gasteiger partial charge >= 0.3 is 5.97 Å². The fourth-order valence-corrected chi connectivity index (χ4v) is 1.36. The number of aryl methyl sites for hydroxylation is 3. The fourth-order valence-electron chi connectivity index (χ4n) is 1.36. The minimum atomic E-state index is -0.875. The first-order valence-electron chi connectivity index (χ1n) is 5.83. The van der Waals surface area contributed by atoms with Crippen LogP contribution in [0.15, 0.2) is 48.5 Å². The number of rotatable bonds is 1. The summed E-state index contributed by atoms with van der Waals surface area (Å²) in [7, 11) is 0. The summed E-state index contributed by atoms with van der Waals surface area (Å²) in [6, 6.07) is 15.1. The monoisotopic (exact) mass is 242 g/mol. The smallest absolute Gasteiger partial charge is 0.335 e. The van der Waals surface area contributed by atoms with Gasteiger partial charge < -0.3 is 5.11 Å². The molecular weight excluding hydrogens is 224 g/mol. The maximum atomic E-state index is 10.3. The zero-order valence-corrected chi connectivity index (χ0v) is 11.0. The highest BCUT2D eigenvalue weighted by Gasteiger charge is 1.98. The van der Waals surface area contributed by atoms with Crippen molar-refractivity contribution in [2.45, 2.75) is 20.8 Å². The molecule has 2 aromatic carbocycles. The van der Waals surface area contributed by atoms with Gasteiger partial charge in [0, 0.05) is 0 Å². The number of hydrogen-bond acceptors (Lipinski definition) is 1. The second-order valence-electron chi connectivity index (χ2n) is 4.26. The summed E-state index contributed by atoms with van der Waals surface area (Å²) >= 11 is 0. The first kappa shape index (κ1) is 14.0. The summed E-state index contributed by atoms with van der Waals surface area (Å²) < 4.78 is 0. The number of carboxylic acids is 1. The highest BCUT2D eigenvalue weighted by atomic mass is 16.4. The second kappa shape index (κ2) is 6.60. The maximum absolute atomic E-state index is 10.3. The van der Waals surface area contributed by atoms with E-state index >= 15 is 0 Å². The summed E-state index contributed by atoms with van der Waals surface area (Å²) in [6.07, 6.45) is 0. The number of hydrogen-bond donors (Lipinski definition) is 1. The molecule has 0 heterocycles. The van der Waals surface area contributed by atoms with E-state index in [1.54, 1.807) is 24.3 Å². The Hall–Kier alpha value is -2.09. The van der Waals surface area contributed by atoms with Crippen molar-refractivity contribution >= 4 is 5.97 Å². The van der Waals surface area contributed by atoms with E-state index in [0.717, 1.165) is 5.56 Å². The van der Waals surface area contributed by atoms with Crippen LogP contribution in [0.3, 0.4) is 0 Å². The molecule has 0 saturated carbocycles. The molecule has 0 aliphatic rings. The molecule has 0 radical (unpaired) electrons. The number of aromatic carboxylic acids is 1.